The van der Waals surface area contributed by atoms with Crippen molar-refractivity contribution in [2.45, 2.75) is 20.3 Å². The SMILES string of the molecule is C/C=C(/C)CC(=O)Nc1ccccc1. The third-order valence-corrected chi connectivity index (χ3v) is 1.99. The summed E-state index contributed by atoms with van der Waals surface area (Å²) in [6.45, 7) is 3.88. The minimum Gasteiger partial charge on any atom is -0.326 e. The molecule has 0 aromatic heterocycles. The highest BCUT2D eigenvalue weighted by Gasteiger charge is 2.01. The molecule has 0 atom stereocenters. The van der Waals surface area contributed by atoms with Crippen molar-refractivity contribution in [3.05, 3.63) is 42.0 Å². The molecule has 14 heavy (non-hydrogen) atoms. The fraction of sp³-hybridized carbons (Fsp3) is 0.250. The summed E-state index contributed by atoms with van der Waals surface area (Å²) < 4.78 is 0. The van der Waals surface area contributed by atoms with Crippen LogP contribution in [-0.2, 0) is 4.79 Å². The fourth-order valence-corrected chi connectivity index (χ4v) is 1.08. The van der Waals surface area contributed by atoms with Gasteiger partial charge in [0.2, 0.25) is 5.91 Å². The summed E-state index contributed by atoms with van der Waals surface area (Å²) in [5, 5.41) is 2.83. The number of carbonyl (C=O) groups is 1. The number of amides is 1. The number of para-hydroxylation sites is 1. The predicted octanol–water partition coefficient (Wildman–Crippen LogP) is 2.98. The Hall–Kier alpha value is -1.57. The van der Waals surface area contributed by atoms with Crippen molar-refractivity contribution < 1.29 is 4.79 Å². The molecule has 0 unspecified atom stereocenters. The molecule has 1 amide bonds. The zero-order chi connectivity index (χ0) is 10.4. The van der Waals surface area contributed by atoms with E-state index in [0.29, 0.717) is 6.42 Å². The second-order valence-corrected chi connectivity index (χ2v) is 3.23. The van der Waals surface area contributed by atoms with Gasteiger partial charge in [0.25, 0.3) is 0 Å². The van der Waals surface area contributed by atoms with Crippen LogP contribution in [0.5, 0.6) is 0 Å². The zero-order valence-corrected chi connectivity index (χ0v) is 8.58. The number of benzene rings is 1. The topological polar surface area (TPSA) is 29.1 Å². The Morgan fingerprint density at radius 2 is 2.00 bits per heavy atom. The molecule has 0 heterocycles. The first-order chi connectivity index (χ1) is 6.72. The lowest BCUT2D eigenvalue weighted by molar-refractivity contribution is -0.115. The number of anilines is 1. The molecule has 0 bridgehead atoms. The Kier molecular flexibility index (Phi) is 3.92. The van der Waals surface area contributed by atoms with Crippen LogP contribution in [0, 0.1) is 0 Å². The maximum atomic E-state index is 11.4. The highest BCUT2D eigenvalue weighted by atomic mass is 16.1. The maximum absolute atomic E-state index is 11.4. The number of hydrogen-bond donors (Lipinski definition) is 1. The summed E-state index contributed by atoms with van der Waals surface area (Å²) in [7, 11) is 0. The molecule has 1 rings (SSSR count). The van der Waals surface area contributed by atoms with Crippen molar-refractivity contribution in [1.29, 1.82) is 0 Å². The van der Waals surface area contributed by atoms with Crippen LogP contribution in [0.4, 0.5) is 5.69 Å². The second kappa shape index (κ2) is 5.22. The first-order valence-corrected chi connectivity index (χ1v) is 4.69. The maximum Gasteiger partial charge on any atom is 0.228 e. The van der Waals surface area contributed by atoms with Crippen molar-refractivity contribution >= 4 is 11.6 Å². The van der Waals surface area contributed by atoms with Crippen LogP contribution < -0.4 is 5.32 Å². The molecule has 0 aliphatic rings. The van der Waals surface area contributed by atoms with Gasteiger partial charge in [0.1, 0.15) is 0 Å². The molecule has 1 aromatic rings. The fourth-order valence-electron chi connectivity index (χ4n) is 1.08. The zero-order valence-electron chi connectivity index (χ0n) is 8.58. The molecule has 0 fully saturated rings. The summed E-state index contributed by atoms with van der Waals surface area (Å²) in [6.07, 6.45) is 2.41. The number of hydrogen-bond acceptors (Lipinski definition) is 1. The van der Waals surface area contributed by atoms with E-state index >= 15 is 0 Å². The number of allylic oxidation sites excluding steroid dienone is 1. The first-order valence-electron chi connectivity index (χ1n) is 4.69. The van der Waals surface area contributed by atoms with Crippen molar-refractivity contribution in [1.82, 2.24) is 0 Å². The van der Waals surface area contributed by atoms with Gasteiger partial charge in [0.15, 0.2) is 0 Å². The molecule has 0 radical (unpaired) electrons. The molecule has 2 nitrogen and oxygen atoms in total. The lowest BCUT2D eigenvalue weighted by Gasteiger charge is -2.04. The summed E-state index contributed by atoms with van der Waals surface area (Å²) in [5.74, 6) is 0.0341. The van der Waals surface area contributed by atoms with E-state index in [9.17, 15) is 4.79 Å². The molecule has 0 aliphatic heterocycles. The van der Waals surface area contributed by atoms with Crippen LogP contribution in [-0.4, -0.2) is 5.91 Å². The van der Waals surface area contributed by atoms with Crippen molar-refractivity contribution in [2.75, 3.05) is 5.32 Å². The minimum atomic E-state index is 0.0341. The molecule has 0 saturated carbocycles. The van der Waals surface area contributed by atoms with Crippen molar-refractivity contribution in [3.8, 4) is 0 Å². The third-order valence-electron chi connectivity index (χ3n) is 1.99. The van der Waals surface area contributed by atoms with E-state index in [2.05, 4.69) is 5.32 Å². The van der Waals surface area contributed by atoms with E-state index in [1.165, 1.54) is 0 Å². The molecule has 74 valence electrons. The van der Waals surface area contributed by atoms with Crippen LogP contribution in [0.25, 0.3) is 0 Å². The smallest absolute Gasteiger partial charge is 0.228 e. The van der Waals surface area contributed by atoms with Gasteiger partial charge in [-0.05, 0) is 26.0 Å². The largest absolute Gasteiger partial charge is 0.326 e. The molecular weight excluding hydrogens is 174 g/mol. The van der Waals surface area contributed by atoms with E-state index in [4.69, 9.17) is 0 Å². The summed E-state index contributed by atoms with van der Waals surface area (Å²) in [5.41, 5.74) is 1.93. The van der Waals surface area contributed by atoms with Crippen LogP contribution in [0.1, 0.15) is 20.3 Å². The third kappa shape index (κ3) is 3.44. The number of nitrogens with one attached hydrogen (secondary N) is 1. The lowest BCUT2D eigenvalue weighted by Crippen LogP contribution is -2.11. The summed E-state index contributed by atoms with van der Waals surface area (Å²) in [6, 6.07) is 9.48. The molecule has 0 aliphatic carbocycles. The molecule has 1 N–H and O–H groups in total. The van der Waals surface area contributed by atoms with E-state index in [1.54, 1.807) is 0 Å². The average molecular weight is 189 g/mol. The van der Waals surface area contributed by atoms with Crippen LogP contribution in [0.3, 0.4) is 0 Å². The normalized spacial score (nSPS) is 11.1. The summed E-state index contributed by atoms with van der Waals surface area (Å²) >= 11 is 0. The lowest BCUT2D eigenvalue weighted by atomic mass is 10.2. The average Bonchev–Trinajstić information content (AvgIpc) is 2.19. The van der Waals surface area contributed by atoms with Crippen LogP contribution >= 0.6 is 0 Å². The van der Waals surface area contributed by atoms with E-state index in [-0.39, 0.29) is 5.91 Å². The molecule has 1 aromatic carbocycles. The van der Waals surface area contributed by atoms with Gasteiger partial charge < -0.3 is 5.32 Å². The number of carbonyl (C=O) groups excluding carboxylic acids is 1. The Balaban J connectivity index is 2.50. The van der Waals surface area contributed by atoms with E-state index in [0.717, 1.165) is 11.3 Å². The Labute approximate surface area is 84.6 Å². The molecular formula is C12H15NO. The van der Waals surface area contributed by atoms with Gasteiger partial charge in [-0.15, -0.1) is 0 Å². The minimum absolute atomic E-state index is 0.0341. The van der Waals surface area contributed by atoms with Gasteiger partial charge in [-0.25, -0.2) is 0 Å². The van der Waals surface area contributed by atoms with Crippen LogP contribution in [0.15, 0.2) is 42.0 Å². The van der Waals surface area contributed by atoms with E-state index < -0.39 is 0 Å². The molecule has 0 spiro atoms. The van der Waals surface area contributed by atoms with Gasteiger partial charge in [-0.1, -0.05) is 29.8 Å². The Bertz CT molecular complexity index is 327. The first kappa shape index (κ1) is 10.5. The van der Waals surface area contributed by atoms with Gasteiger partial charge in [0.05, 0.1) is 0 Å². The standard InChI is InChI=1S/C12H15NO/c1-3-10(2)9-12(14)13-11-7-5-4-6-8-11/h3-8H,9H2,1-2H3,(H,13,14)/b10-3-. The monoisotopic (exact) mass is 189 g/mol. The highest BCUT2D eigenvalue weighted by Crippen LogP contribution is 2.07. The molecule has 2 heteroatoms. The van der Waals surface area contributed by atoms with Gasteiger partial charge >= 0.3 is 0 Å². The quantitative estimate of drug-likeness (QED) is 0.728. The number of rotatable bonds is 3. The van der Waals surface area contributed by atoms with E-state index in [1.807, 2.05) is 50.3 Å². The van der Waals surface area contributed by atoms with Gasteiger partial charge in [0, 0.05) is 12.1 Å². The Morgan fingerprint density at radius 1 is 1.36 bits per heavy atom. The van der Waals surface area contributed by atoms with Crippen molar-refractivity contribution in [3.63, 3.8) is 0 Å². The van der Waals surface area contributed by atoms with Crippen molar-refractivity contribution in [2.24, 2.45) is 0 Å². The summed E-state index contributed by atoms with van der Waals surface area (Å²) in [4.78, 5) is 11.4. The highest BCUT2D eigenvalue weighted by molar-refractivity contribution is 5.92. The van der Waals surface area contributed by atoms with Gasteiger partial charge in [-0.2, -0.15) is 0 Å². The Morgan fingerprint density at radius 3 is 2.57 bits per heavy atom. The second-order valence-electron chi connectivity index (χ2n) is 3.23. The van der Waals surface area contributed by atoms with Crippen LogP contribution in [0.2, 0.25) is 0 Å². The predicted molar refractivity (Wildman–Crippen MR) is 59.1 cm³/mol. The van der Waals surface area contributed by atoms with Gasteiger partial charge in [-0.3, -0.25) is 4.79 Å². The molecule has 0 saturated heterocycles.